The van der Waals surface area contributed by atoms with Crippen LogP contribution in [0.4, 0.5) is 0 Å². The van der Waals surface area contributed by atoms with Gasteiger partial charge in [-0.3, -0.25) is 0 Å². The van der Waals surface area contributed by atoms with Crippen LogP contribution in [0.5, 0.6) is 0 Å². The van der Waals surface area contributed by atoms with Gasteiger partial charge in [0.2, 0.25) is 0 Å². The van der Waals surface area contributed by atoms with Gasteiger partial charge in [-0.1, -0.05) is 140 Å². The van der Waals surface area contributed by atoms with E-state index < -0.39 is 0 Å². The molecular weight excluding hydrogens is 709 g/mol. The molecule has 0 amide bonds. The smallest absolute Gasteiger partial charge is 0.0541 e. The average Bonchev–Trinajstić information content (AvgIpc) is 3.94. The number of hydrogen-bond donors (Lipinski definition) is 0. The van der Waals surface area contributed by atoms with Crippen LogP contribution in [0.2, 0.25) is 0 Å². The Bertz CT molecular complexity index is 3490. The Hall–Kier alpha value is -7.20. The van der Waals surface area contributed by atoms with E-state index in [2.05, 4.69) is 215 Å². The van der Waals surface area contributed by atoms with Crippen LogP contribution >= 0.6 is 11.3 Å². The number of rotatable bonds is 5. The fourth-order valence-electron chi connectivity index (χ4n) is 9.06. The van der Waals surface area contributed by atoms with E-state index in [-0.39, 0.29) is 0 Å². The molecule has 0 atom stereocenters. The molecule has 0 N–H and O–H groups in total. The summed E-state index contributed by atoms with van der Waals surface area (Å²) in [6.07, 6.45) is 0. The van der Waals surface area contributed by atoms with E-state index >= 15 is 0 Å². The van der Waals surface area contributed by atoms with Gasteiger partial charge in [-0.15, -0.1) is 11.3 Å². The highest BCUT2D eigenvalue weighted by Crippen LogP contribution is 2.41. The molecule has 0 fully saturated rings. The van der Waals surface area contributed by atoms with Crippen molar-refractivity contribution >= 4 is 75.1 Å². The Morgan fingerprint density at radius 3 is 1.37 bits per heavy atom. The van der Waals surface area contributed by atoms with Crippen molar-refractivity contribution in [1.82, 2.24) is 9.13 Å². The number of nitrogens with zero attached hydrogens (tertiary/aromatic N) is 2. The van der Waals surface area contributed by atoms with Crippen LogP contribution in [0.3, 0.4) is 0 Å². The van der Waals surface area contributed by atoms with E-state index in [1.165, 1.54) is 103 Å². The molecule has 266 valence electrons. The van der Waals surface area contributed by atoms with Gasteiger partial charge in [-0.05, 0) is 100 Å². The highest BCUT2D eigenvalue weighted by atomic mass is 32.1. The van der Waals surface area contributed by atoms with E-state index in [0.29, 0.717) is 0 Å². The van der Waals surface area contributed by atoms with Crippen molar-refractivity contribution in [2.24, 2.45) is 0 Å². The van der Waals surface area contributed by atoms with Gasteiger partial charge in [-0.2, -0.15) is 0 Å². The molecule has 3 heterocycles. The van der Waals surface area contributed by atoms with Gasteiger partial charge in [0.1, 0.15) is 0 Å². The second-order valence-electron chi connectivity index (χ2n) is 14.9. The Labute approximate surface area is 333 Å². The first-order valence-corrected chi connectivity index (χ1v) is 20.3. The van der Waals surface area contributed by atoms with Crippen molar-refractivity contribution in [1.29, 1.82) is 0 Å². The minimum absolute atomic E-state index is 1.15. The van der Waals surface area contributed by atoms with Crippen molar-refractivity contribution in [2.45, 2.75) is 0 Å². The normalized spacial score (nSPS) is 11.9. The molecule has 9 aromatic carbocycles. The molecule has 0 aliphatic heterocycles. The summed E-state index contributed by atoms with van der Waals surface area (Å²) >= 11 is 1.88. The van der Waals surface area contributed by atoms with Gasteiger partial charge in [0.05, 0.1) is 22.1 Å². The highest BCUT2D eigenvalue weighted by Gasteiger charge is 2.17. The number of benzene rings is 9. The van der Waals surface area contributed by atoms with E-state index in [0.717, 1.165) is 5.69 Å². The topological polar surface area (TPSA) is 9.86 Å². The zero-order chi connectivity index (χ0) is 37.5. The number of para-hydroxylation sites is 3. The lowest BCUT2D eigenvalue weighted by Gasteiger charge is -2.11. The molecular formula is C54H34N2S. The standard InChI is InChI=1S/C54H34N2S/c1-2-11-40(12-3-1)55-49-18-7-4-13-43(49)47-33-38(27-31-51(47)55)39-28-32-52-48(34-39)44-14-5-8-19-50(44)56(52)41-29-25-36(26-30-41)35-21-23-37(24-22-35)42-16-10-17-46-45-15-6-9-20-53(45)57-54(42)46/h1-34H. The second-order valence-corrected chi connectivity index (χ2v) is 16.0. The number of thiophene rings is 1. The SMILES string of the molecule is c1ccc(-n2c3ccccc3c3cc(-c4ccc5c(c4)c4ccccc4n5-c4ccc(-c5ccc(-c6cccc7c6sc6ccccc67)cc5)cc4)ccc32)cc1. The fraction of sp³-hybridized carbons (Fsp3) is 0. The number of fused-ring (bicyclic) bond motifs is 9. The molecule has 57 heavy (non-hydrogen) atoms. The molecule has 0 aliphatic carbocycles. The fourth-order valence-corrected chi connectivity index (χ4v) is 10.3. The predicted molar refractivity (Wildman–Crippen MR) is 244 cm³/mol. The summed E-state index contributed by atoms with van der Waals surface area (Å²) in [7, 11) is 0. The predicted octanol–water partition coefficient (Wildman–Crippen LogP) is 15.2. The Balaban J connectivity index is 0.905. The quantitative estimate of drug-likeness (QED) is 0.166. The summed E-state index contributed by atoms with van der Waals surface area (Å²) in [6, 6.07) is 75.6. The van der Waals surface area contributed by atoms with Crippen molar-refractivity contribution in [2.75, 3.05) is 0 Å². The molecule has 3 aromatic heterocycles. The largest absolute Gasteiger partial charge is 0.309 e. The summed E-state index contributed by atoms with van der Waals surface area (Å²) in [5.74, 6) is 0. The van der Waals surface area contributed by atoms with Crippen molar-refractivity contribution in [3.8, 4) is 44.8 Å². The zero-order valence-corrected chi connectivity index (χ0v) is 31.7. The Morgan fingerprint density at radius 1 is 0.281 bits per heavy atom. The molecule has 0 saturated heterocycles. The first-order valence-electron chi connectivity index (χ1n) is 19.5. The molecule has 0 unspecified atom stereocenters. The summed E-state index contributed by atoms with van der Waals surface area (Å²) in [5, 5.41) is 7.70. The van der Waals surface area contributed by atoms with E-state index in [1.807, 2.05) is 11.3 Å². The maximum absolute atomic E-state index is 2.41. The maximum atomic E-state index is 2.41. The van der Waals surface area contributed by atoms with Crippen LogP contribution < -0.4 is 0 Å². The van der Waals surface area contributed by atoms with Crippen LogP contribution in [0.1, 0.15) is 0 Å². The van der Waals surface area contributed by atoms with Crippen LogP contribution in [0, 0.1) is 0 Å². The second kappa shape index (κ2) is 12.7. The Morgan fingerprint density at radius 2 is 0.737 bits per heavy atom. The molecule has 0 spiro atoms. The summed E-state index contributed by atoms with van der Waals surface area (Å²) in [6.45, 7) is 0. The summed E-state index contributed by atoms with van der Waals surface area (Å²) < 4.78 is 7.47. The van der Waals surface area contributed by atoms with Crippen LogP contribution in [0.15, 0.2) is 206 Å². The Kier molecular flexibility index (Phi) is 7.13. The minimum Gasteiger partial charge on any atom is -0.309 e. The lowest BCUT2D eigenvalue weighted by Crippen LogP contribution is -1.94. The maximum Gasteiger partial charge on any atom is 0.0541 e. The molecule has 3 heteroatoms. The molecule has 0 radical (unpaired) electrons. The van der Waals surface area contributed by atoms with E-state index in [9.17, 15) is 0 Å². The monoisotopic (exact) mass is 742 g/mol. The lowest BCUT2D eigenvalue weighted by molar-refractivity contribution is 1.18. The van der Waals surface area contributed by atoms with Gasteiger partial charge in [0.25, 0.3) is 0 Å². The molecule has 2 nitrogen and oxygen atoms in total. The average molecular weight is 743 g/mol. The first-order chi connectivity index (χ1) is 28.3. The van der Waals surface area contributed by atoms with Gasteiger partial charge < -0.3 is 9.13 Å². The van der Waals surface area contributed by atoms with Crippen molar-refractivity contribution < 1.29 is 0 Å². The molecule has 12 aromatic rings. The van der Waals surface area contributed by atoms with E-state index in [4.69, 9.17) is 0 Å². The molecule has 12 rings (SSSR count). The van der Waals surface area contributed by atoms with Crippen LogP contribution in [-0.4, -0.2) is 9.13 Å². The zero-order valence-electron chi connectivity index (χ0n) is 30.9. The van der Waals surface area contributed by atoms with E-state index in [1.54, 1.807) is 0 Å². The summed E-state index contributed by atoms with van der Waals surface area (Å²) in [4.78, 5) is 0. The molecule has 0 bridgehead atoms. The lowest BCUT2D eigenvalue weighted by atomic mass is 9.99. The number of aromatic nitrogens is 2. The van der Waals surface area contributed by atoms with Crippen LogP contribution in [-0.2, 0) is 0 Å². The third-order valence-corrected chi connectivity index (χ3v) is 13.0. The molecule has 0 saturated carbocycles. The molecule has 0 aliphatic rings. The highest BCUT2D eigenvalue weighted by molar-refractivity contribution is 7.26. The number of hydrogen-bond acceptors (Lipinski definition) is 1. The summed E-state index contributed by atoms with van der Waals surface area (Å²) in [5.41, 5.74) is 14.6. The minimum atomic E-state index is 1.15. The third kappa shape index (κ3) is 5.03. The van der Waals surface area contributed by atoms with Crippen molar-refractivity contribution in [3.63, 3.8) is 0 Å². The van der Waals surface area contributed by atoms with Gasteiger partial charge in [0.15, 0.2) is 0 Å². The third-order valence-electron chi connectivity index (χ3n) is 11.8. The van der Waals surface area contributed by atoms with Gasteiger partial charge in [0, 0.05) is 53.1 Å². The van der Waals surface area contributed by atoms with Crippen LogP contribution in [0.25, 0.3) is 109 Å². The first kappa shape index (κ1) is 32.1. The van der Waals surface area contributed by atoms with Crippen molar-refractivity contribution in [3.05, 3.63) is 206 Å². The van der Waals surface area contributed by atoms with Gasteiger partial charge >= 0.3 is 0 Å². The van der Waals surface area contributed by atoms with Gasteiger partial charge in [-0.25, -0.2) is 0 Å².